The second-order valence-electron chi connectivity index (χ2n) is 5.67. The van der Waals surface area contributed by atoms with Gasteiger partial charge in [0, 0.05) is 11.6 Å². The standard InChI is InChI=1S/C19H19NO5S/c1-13-4-7-18(8-5-13)26(23,24)20-17-11-15(6-9-19(22)25-3)10-16(12-17)14(2)21/h4-12,20H,1-3H3. The van der Waals surface area contributed by atoms with Crippen molar-refractivity contribution in [3.8, 4) is 0 Å². The SMILES string of the molecule is COC(=O)C=Cc1cc(NS(=O)(=O)c2ccc(C)cc2)cc(C(C)=O)c1. The van der Waals surface area contributed by atoms with E-state index in [0.717, 1.165) is 5.56 Å². The highest BCUT2D eigenvalue weighted by Crippen LogP contribution is 2.21. The fourth-order valence-corrected chi connectivity index (χ4v) is 3.21. The number of carbonyl (C=O) groups is 2. The molecule has 0 fully saturated rings. The van der Waals surface area contributed by atoms with Crippen LogP contribution in [0.25, 0.3) is 6.08 Å². The molecule has 1 N–H and O–H groups in total. The van der Waals surface area contributed by atoms with E-state index in [4.69, 9.17) is 0 Å². The summed E-state index contributed by atoms with van der Waals surface area (Å²) in [4.78, 5) is 23.1. The molecule has 26 heavy (non-hydrogen) atoms. The number of Topliss-reactive ketones (excluding diaryl/α,β-unsaturated/α-hetero) is 1. The monoisotopic (exact) mass is 373 g/mol. The second-order valence-corrected chi connectivity index (χ2v) is 7.36. The number of sulfonamides is 1. The van der Waals surface area contributed by atoms with Crippen molar-refractivity contribution in [2.24, 2.45) is 0 Å². The Morgan fingerprint density at radius 3 is 2.31 bits per heavy atom. The number of anilines is 1. The number of ether oxygens (including phenoxy) is 1. The Morgan fingerprint density at radius 1 is 1.08 bits per heavy atom. The maximum Gasteiger partial charge on any atom is 0.330 e. The summed E-state index contributed by atoms with van der Waals surface area (Å²) in [5.74, 6) is -0.783. The van der Waals surface area contributed by atoms with Gasteiger partial charge in [-0.3, -0.25) is 9.52 Å². The van der Waals surface area contributed by atoms with Gasteiger partial charge in [0.1, 0.15) is 0 Å². The molecule has 2 rings (SSSR count). The molecule has 0 heterocycles. The van der Waals surface area contributed by atoms with E-state index in [9.17, 15) is 18.0 Å². The highest BCUT2D eigenvalue weighted by Gasteiger charge is 2.15. The van der Waals surface area contributed by atoms with Crippen molar-refractivity contribution in [3.05, 3.63) is 65.2 Å². The molecule has 0 spiro atoms. The number of esters is 1. The molecule has 0 aliphatic carbocycles. The number of hydrogen-bond acceptors (Lipinski definition) is 5. The van der Waals surface area contributed by atoms with Gasteiger partial charge in [-0.15, -0.1) is 0 Å². The number of hydrogen-bond donors (Lipinski definition) is 1. The number of methoxy groups -OCH3 is 1. The van der Waals surface area contributed by atoms with Crippen LogP contribution in [0.4, 0.5) is 5.69 Å². The molecule has 0 atom stereocenters. The van der Waals surface area contributed by atoms with Crippen LogP contribution in [0.2, 0.25) is 0 Å². The molecule has 0 aliphatic heterocycles. The third-order valence-corrected chi connectivity index (χ3v) is 4.96. The van der Waals surface area contributed by atoms with E-state index in [1.54, 1.807) is 18.2 Å². The molecular formula is C19H19NO5S. The first-order valence-corrected chi connectivity index (χ1v) is 9.21. The number of nitrogens with one attached hydrogen (secondary N) is 1. The van der Waals surface area contributed by atoms with Gasteiger partial charge in [0.05, 0.1) is 17.7 Å². The lowest BCUT2D eigenvalue weighted by Crippen LogP contribution is -2.13. The van der Waals surface area contributed by atoms with Gasteiger partial charge in [-0.05, 0) is 55.8 Å². The van der Waals surface area contributed by atoms with Crippen LogP contribution < -0.4 is 4.72 Å². The van der Waals surface area contributed by atoms with Crippen molar-refractivity contribution < 1.29 is 22.7 Å². The molecule has 6 nitrogen and oxygen atoms in total. The van der Waals surface area contributed by atoms with Gasteiger partial charge in [-0.25, -0.2) is 13.2 Å². The zero-order chi connectivity index (χ0) is 19.3. The van der Waals surface area contributed by atoms with E-state index in [-0.39, 0.29) is 16.4 Å². The molecular weight excluding hydrogens is 354 g/mol. The first kappa shape index (κ1) is 19.4. The van der Waals surface area contributed by atoms with Crippen molar-refractivity contribution in [2.75, 3.05) is 11.8 Å². The fraction of sp³-hybridized carbons (Fsp3) is 0.158. The summed E-state index contributed by atoms with van der Waals surface area (Å²) in [6.45, 7) is 3.24. The third-order valence-electron chi connectivity index (χ3n) is 3.56. The van der Waals surface area contributed by atoms with E-state index in [0.29, 0.717) is 11.1 Å². The summed E-state index contributed by atoms with van der Waals surface area (Å²) in [6, 6.07) is 10.9. The first-order valence-electron chi connectivity index (χ1n) is 7.73. The lowest BCUT2D eigenvalue weighted by Gasteiger charge is -2.10. The largest absolute Gasteiger partial charge is 0.466 e. The van der Waals surface area contributed by atoms with Crippen molar-refractivity contribution in [1.29, 1.82) is 0 Å². The molecule has 0 amide bonds. The molecule has 0 aliphatic rings. The number of carbonyl (C=O) groups excluding carboxylic acids is 2. The number of aryl methyl sites for hydroxylation is 1. The van der Waals surface area contributed by atoms with Crippen LogP contribution in [0.3, 0.4) is 0 Å². The minimum absolute atomic E-state index is 0.114. The normalized spacial score (nSPS) is 11.3. The quantitative estimate of drug-likeness (QED) is 0.477. The van der Waals surface area contributed by atoms with E-state index >= 15 is 0 Å². The number of ketones is 1. The van der Waals surface area contributed by atoms with E-state index in [1.165, 1.54) is 50.5 Å². The maximum atomic E-state index is 12.5. The molecule has 0 aromatic heterocycles. The van der Waals surface area contributed by atoms with Crippen molar-refractivity contribution in [3.63, 3.8) is 0 Å². The molecule has 0 bridgehead atoms. The average Bonchev–Trinajstić information content (AvgIpc) is 2.59. The predicted octanol–water partition coefficient (Wildman–Crippen LogP) is 3.18. The second kappa shape index (κ2) is 7.97. The molecule has 7 heteroatoms. The number of rotatable bonds is 6. The van der Waals surface area contributed by atoms with E-state index in [2.05, 4.69) is 9.46 Å². The van der Waals surface area contributed by atoms with Crippen LogP contribution in [0.15, 0.2) is 53.4 Å². The molecule has 2 aromatic rings. The van der Waals surface area contributed by atoms with E-state index in [1.807, 2.05) is 6.92 Å². The lowest BCUT2D eigenvalue weighted by atomic mass is 10.1. The zero-order valence-electron chi connectivity index (χ0n) is 14.6. The Labute approximate surface area is 152 Å². The van der Waals surface area contributed by atoms with Crippen molar-refractivity contribution in [2.45, 2.75) is 18.7 Å². The average molecular weight is 373 g/mol. The highest BCUT2D eigenvalue weighted by atomic mass is 32.2. The minimum atomic E-state index is -3.80. The maximum absolute atomic E-state index is 12.5. The topological polar surface area (TPSA) is 89.5 Å². The van der Waals surface area contributed by atoms with Gasteiger partial charge in [0.2, 0.25) is 0 Å². The van der Waals surface area contributed by atoms with E-state index < -0.39 is 16.0 Å². The summed E-state index contributed by atoms with van der Waals surface area (Å²) < 4.78 is 32.0. The molecule has 0 unspecified atom stereocenters. The Bertz CT molecular complexity index is 960. The summed E-state index contributed by atoms with van der Waals surface area (Å²) in [7, 11) is -2.55. The van der Waals surface area contributed by atoms with Gasteiger partial charge in [-0.1, -0.05) is 17.7 Å². The summed E-state index contributed by atoms with van der Waals surface area (Å²) in [6.07, 6.45) is 2.64. The Hall–Kier alpha value is -2.93. The van der Waals surface area contributed by atoms with Gasteiger partial charge >= 0.3 is 5.97 Å². The van der Waals surface area contributed by atoms with Gasteiger partial charge < -0.3 is 4.74 Å². The smallest absolute Gasteiger partial charge is 0.330 e. The minimum Gasteiger partial charge on any atom is -0.466 e. The molecule has 0 saturated heterocycles. The van der Waals surface area contributed by atoms with Crippen LogP contribution in [-0.2, 0) is 19.6 Å². The van der Waals surface area contributed by atoms with Crippen LogP contribution in [0, 0.1) is 6.92 Å². The van der Waals surface area contributed by atoms with Gasteiger partial charge in [0.25, 0.3) is 10.0 Å². The molecule has 2 aromatic carbocycles. The summed E-state index contributed by atoms with van der Waals surface area (Å²) in [5, 5.41) is 0. The lowest BCUT2D eigenvalue weighted by molar-refractivity contribution is -0.134. The summed E-state index contributed by atoms with van der Waals surface area (Å²) >= 11 is 0. The Balaban J connectivity index is 2.40. The zero-order valence-corrected chi connectivity index (χ0v) is 15.5. The molecule has 0 saturated carbocycles. The van der Waals surface area contributed by atoms with Gasteiger partial charge in [0.15, 0.2) is 5.78 Å². The fourth-order valence-electron chi connectivity index (χ4n) is 2.17. The molecule has 136 valence electrons. The highest BCUT2D eigenvalue weighted by molar-refractivity contribution is 7.92. The van der Waals surface area contributed by atoms with Crippen LogP contribution in [-0.4, -0.2) is 27.3 Å². The van der Waals surface area contributed by atoms with Crippen molar-refractivity contribution in [1.82, 2.24) is 0 Å². The third kappa shape index (κ3) is 5.03. The van der Waals surface area contributed by atoms with Gasteiger partial charge in [-0.2, -0.15) is 0 Å². The summed E-state index contributed by atoms with van der Waals surface area (Å²) in [5.41, 5.74) is 1.98. The predicted molar refractivity (Wildman–Crippen MR) is 99.5 cm³/mol. The number of benzene rings is 2. The van der Waals surface area contributed by atoms with Crippen LogP contribution >= 0.6 is 0 Å². The molecule has 0 radical (unpaired) electrons. The van der Waals surface area contributed by atoms with Crippen molar-refractivity contribution >= 4 is 33.5 Å². The first-order chi connectivity index (χ1) is 12.2. The Morgan fingerprint density at radius 2 is 1.73 bits per heavy atom. The van der Waals surface area contributed by atoms with Crippen LogP contribution in [0.1, 0.15) is 28.4 Å². The van der Waals surface area contributed by atoms with Crippen LogP contribution in [0.5, 0.6) is 0 Å². The Kier molecular flexibility index (Phi) is 5.94.